The van der Waals surface area contributed by atoms with Gasteiger partial charge in [-0.2, -0.15) is 10.1 Å². The monoisotopic (exact) mass is 548 g/mol. The van der Waals surface area contributed by atoms with Gasteiger partial charge in [-0.25, -0.2) is 4.98 Å². The lowest BCUT2D eigenvalue weighted by Crippen LogP contribution is -2.34. The van der Waals surface area contributed by atoms with Gasteiger partial charge in [0.2, 0.25) is 11.8 Å². The van der Waals surface area contributed by atoms with Gasteiger partial charge in [-0.15, -0.1) is 13.2 Å². The van der Waals surface area contributed by atoms with Crippen LogP contribution in [0.1, 0.15) is 42.5 Å². The Kier molecular flexibility index (Phi) is 8.84. The number of ether oxygens (including phenoxy) is 1. The third kappa shape index (κ3) is 8.02. The number of benzene rings is 1. The number of nitrogens with zero attached hydrogens (tertiary/aromatic N) is 5. The highest BCUT2D eigenvalue weighted by Gasteiger charge is 2.32. The fourth-order valence-electron chi connectivity index (χ4n) is 4.66. The van der Waals surface area contributed by atoms with E-state index in [1.165, 1.54) is 23.8 Å². The van der Waals surface area contributed by atoms with Crippen molar-refractivity contribution >= 4 is 17.5 Å². The van der Waals surface area contributed by atoms with E-state index in [9.17, 15) is 23.3 Å². The summed E-state index contributed by atoms with van der Waals surface area (Å²) in [5, 5.41) is 25.4. The number of aryl methyl sites for hydroxylation is 2. The topological polar surface area (TPSA) is 132 Å². The molecule has 0 spiro atoms. The molecule has 1 fully saturated rings. The summed E-state index contributed by atoms with van der Waals surface area (Å²) in [6, 6.07) is 6.09. The molecule has 1 saturated carbocycles. The Balaban J connectivity index is 1.31. The normalized spacial score (nSPS) is 17.6. The Morgan fingerprint density at radius 3 is 2.54 bits per heavy atom. The molecule has 0 radical (unpaired) electrons. The van der Waals surface area contributed by atoms with Crippen molar-refractivity contribution in [3.63, 3.8) is 0 Å². The van der Waals surface area contributed by atoms with E-state index in [1.807, 2.05) is 24.9 Å². The maximum Gasteiger partial charge on any atom is 0.573 e. The predicted molar refractivity (Wildman–Crippen MR) is 138 cm³/mol. The van der Waals surface area contributed by atoms with Crippen molar-refractivity contribution in [2.24, 2.45) is 13.0 Å². The number of aromatic nitrogens is 4. The van der Waals surface area contributed by atoms with Gasteiger partial charge in [0.05, 0.1) is 10.6 Å². The maximum absolute atomic E-state index is 12.7. The third-order valence-corrected chi connectivity index (χ3v) is 6.70. The minimum atomic E-state index is -4.83. The Morgan fingerprint density at radius 1 is 1.13 bits per heavy atom. The molecule has 0 bridgehead atoms. The molecule has 0 amide bonds. The number of hydrogen-bond acceptors (Lipinski definition) is 9. The minimum absolute atomic E-state index is 0.0449. The van der Waals surface area contributed by atoms with E-state index in [2.05, 4.69) is 35.8 Å². The molecule has 1 aliphatic carbocycles. The first-order valence-electron chi connectivity index (χ1n) is 12.6. The molecule has 1 aromatic carbocycles. The van der Waals surface area contributed by atoms with Crippen molar-refractivity contribution in [3.05, 3.63) is 63.6 Å². The quantitative estimate of drug-likeness (QED) is 0.230. The average Bonchev–Trinajstić information content (AvgIpc) is 3.21. The first-order chi connectivity index (χ1) is 18.6. The molecule has 0 atom stereocenters. The summed E-state index contributed by atoms with van der Waals surface area (Å²) >= 11 is 0. The maximum atomic E-state index is 12.7. The van der Waals surface area contributed by atoms with Crippen LogP contribution in [-0.2, 0) is 20.1 Å². The Bertz CT molecular complexity index is 1280. The van der Waals surface area contributed by atoms with Gasteiger partial charge in [-0.1, -0.05) is 18.2 Å². The molecule has 14 heteroatoms. The number of rotatable bonds is 11. The van der Waals surface area contributed by atoms with Crippen molar-refractivity contribution in [2.45, 2.75) is 58.1 Å². The minimum Gasteiger partial charge on any atom is -0.405 e. The van der Waals surface area contributed by atoms with Crippen LogP contribution in [0.15, 0.2) is 36.7 Å². The fraction of sp³-hybridized carbons (Fsp3) is 0.480. The second-order valence-electron chi connectivity index (χ2n) is 9.59. The highest BCUT2D eigenvalue weighted by Crippen LogP contribution is 2.29. The lowest BCUT2D eigenvalue weighted by Gasteiger charge is -2.29. The van der Waals surface area contributed by atoms with Crippen LogP contribution in [-0.4, -0.2) is 43.6 Å². The van der Waals surface area contributed by atoms with Crippen LogP contribution in [0, 0.1) is 23.0 Å². The molecule has 0 saturated heterocycles. The number of nitrogens with one attached hydrogen (secondary N) is 3. The zero-order valence-electron chi connectivity index (χ0n) is 21.7. The summed E-state index contributed by atoms with van der Waals surface area (Å²) < 4.78 is 44.0. The highest BCUT2D eigenvalue weighted by atomic mass is 19.4. The van der Waals surface area contributed by atoms with Gasteiger partial charge in [-0.05, 0) is 44.6 Å². The largest absolute Gasteiger partial charge is 0.573 e. The van der Waals surface area contributed by atoms with Crippen molar-refractivity contribution in [2.75, 3.05) is 17.2 Å². The summed E-state index contributed by atoms with van der Waals surface area (Å²) in [4.78, 5) is 19.1. The lowest BCUT2D eigenvalue weighted by atomic mass is 9.86. The molecule has 3 N–H and O–H groups in total. The molecule has 11 nitrogen and oxygen atoms in total. The molecule has 2 heterocycles. The van der Waals surface area contributed by atoms with E-state index in [-0.39, 0.29) is 35.3 Å². The standard InChI is InChI=1S/C25H31F3N8O3/c1-16-19(15-35(2)34-16)13-29-20-9-7-17(8-10-20)11-30-23-21(36(37)38)14-32-24(33-23)31-12-18-5-3-4-6-22(18)39-25(26,27)28/h3-6,14-15,17,20,29H,7-13H2,1-2H3,(H2,30,31,32,33)/t17-,20+. The van der Waals surface area contributed by atoms with E-state index in [4.69, 9.17) is 0 Å². The number of anilines is 2. The second kappa shape index (κ2) is 12.3. The van der Waals surface area contributed by atoms with Crippen LogP contribution in [0.2, 0.25) is 0 Å². The molecule has 3 aromatic rings. The summed E-state index contributed by atoms with van der Waals surface area (Å²) in [6.45, 7) is 3.20. The molecular formula is C25H31F3N8O3. The van der Waals surface area contributed by atoms with Crippen LogP contribution >= 0.6 is 0 Å². The number of alkyl halides is 3. The summed E-state index contributed by atoms with van der Waals surface area (Å²) in [6.07, 6.45) is 2.16. The Labute approximate surface area is 223 Å². The van der Waals surface area contributed by atoms with E-state index in [0.717, 1.165) is 44.1 Å². The molecule has 1 aliphatic rings. The van der Waals surface area contributed by atoms with Crippen LogP contribution in [0.5, 0.6) is 5.75 Å². The van der Waals surface area contributed by atoms with Crippen molar-refractivity contribution < 1.29 is 22.8 Å². The summed E-state index contributed by atoms with van der Waals surface area (Å²) in [5.74, 6) is 0.0760. The number of para-hydroxylation sites is 1. The average molecular weight is 549 g/mol. The van der Waals surface area contributed by atoms with Crippen LogP contribution in [0.4, 0.5) is 30.6 Å². The molecular weight excluding hydrogens is 517 g/mol. The second-order valence-corrected chi connectivity index (χ2v) is 9.59. The van der Waals surface area contributed by atoms with Crippen molar-refractivity contribution in [1.82, 2.24) is 25.1 Å². The molecule has 39 heavy (non-hydrogen) atoms. The van der Waals surface area contributed by atoms with Gasteiger partial charge in [-0.3, -0.25) is 14.8 Å². The van der Waals surface area contributed by atoms with E-state index in [0.29, 0.717) is 18.5 Å². The fourth-order valence-corrected chi connectivity index (χ4v) is 4.66. The van der Waals surface area contributed by atoms with Crippen LogP contribution < -0.4 is 20.7 Å². The van der Waals surface area contributed by atoms with E-state index < -0.39 is 11.3 Å². The van der Waals surface area contributed by atoms with Crippen LogP contribution in [0.25, 0.3) is 0 Å². The Morgan fingerprint density at radius 2 is 1.87 bits per heavy atom. The number of halogens is 3. The van der Waals surface area contributed by atoms with Gasteiger partial charge in [0.1, 0.15) is 11.9 Å². The molecule has 4 rings (SSSR count). The van der Waals surface area contributed by atoms with Gasteiger partial charge >= 0.3 is 12.0 Å². The predicted octanol–water partition coefficient (Wildman–Crippen LogP) is 4.70. The van der Waals surface area contributed by atoms with Crippen molar-refractivity contribution in [3.8, 4) is 5.75 Å². The smallest absolute Gasteiger partial charge is 0.405 e. The highest BCUT2D eigenvalue weighted by molar-refractivity contribution is 5.57. The first kappa shape index (κ1) is 28.1. The zero-order valence-corrected chi connectivity index (χ0v) is 21.7. The summed E-state index contributed by atoms with van der Waals surface area (Å²) in [5.41, 5.74) is 2.15. The van der Waals surface area contributed by atoms with Gasteiger partial charge in [0.25, 0.3) is 0 Å². The molecule has 0 unspecified atom stereocenters. The van der Waals surface area contributed by atoms with E-state index in [1.54, 1.807) is 6.07 Å². The third-order valence-electron chi connectivity index (χ3n) is 6.70. The van der Waals surface area contributed by atoms with Crippen molar-refractivity contribution in [1.29, 1.82) is 0 Å². The van der Waals surface area contributed by atoms with E-state index >= 15 is 0 Å². The van der Waals surface area contributed by atoms with Crippen LogP contribution in [0.3, 0.4) is 0 Å². The molecule has 210 valence electrons. The molecule has 0 aliphatic heterocycles. The van der Waals surface area contributed by atoms with Gasteiger partial charge in [0.15, 0.2) is 0 Å². The number of hydrogen-bond donors (Lipinski definition) is 3. The van der Waals surface area contributed by atoms with Gasteiger partial charge < -0.3 is 20.7 Å². The first-order valence-corrected chi connectivity index (χ1v) is 12.6. The molecule has 2 aromatic heterocycles. The zero-order chi connectivity index (χ0) is 28.0. The SMILES string of the molecule is Cc1nn(C)cc1CN[C@H]1CC[C@@H](CNc2nc(NCc3ccccc3OC(F)(F)F)ncc2[N+](=O)[O-])CC1. The Hall–Kier alpha value is -3.94. The number of nitro groups is 1. The van der Waals surface area contributed by atoms with Gasteiger partial charge in [0, 0.05) is 50.0 Å². The summed E-state index contributed by atoms with van der Waals surface area (Å²) in [7, 11) is 1.91. The lowest BCUT2D eigenvalue weighted by molar-refractivity contribution is -0.384.